The summed E-state index contributed by atoms with van der Waals surface area (Å²) in [6.07, 6.45) is 24.4. The maximum absolute atomic E-state index is 9.24. The minimum absolute atomic E-state index is 0.523. The Morgan fingerprint density at radius 3 is 1.59 bits per heavy atom. The summed E-state index contributed by atoms with van der Waals surface area (Å²) in [5.41, 5.74) is 0. The molecule has 0 aliphatic rings. The van der Waals surface area contributed by atoms with E-state index in [-0.39, 0.29) is 0 Å². The molecule has 1 unspecified atom stereocenters. The number of terminal acetylenes is 1. The molecular formula is C21H40O. The summed E-state index contributed by atoms with van der Waals surface area (Å²) in [6.45, 7) is 4.70. The van der Waals surface area contributed by atoms with E-state index in [0.29, 0.717) is 0 Å². The van der Waals surface area contributed by atoms with Gasteiger partial charge in [0.25, 0.3) is 0 Å². The van der Waals surface area contributed by atoms with Crippen molar-refractivity contribution in [3.05, 3.63) is 0 Å². The monoisotopic (exact) mass is 308 g/mol. The van der Waals surface area contributed by atoms with Gasteiger partial charge in [-0.25, -0.2) is 0 Å². The third-order valence-electron chi connectivity index (χ3n) is 4.67. The first-order valence-electron chi connectivity index (χ1n) is 9.84. The number of rotatable bonds is 16. The van der Waals surface area contributed by atoms with Crippen LogP contribution in [0, 0.1) is 18.3 Å². The second-order valence-electron chi connectivity index (χ2n) is 7.04. The number of aliphatic hydroxyl groups is 1. The molecule has 1 heteroatoms. The van der Waals surface area contributed by atoms with E-state index in [1.807, 2.05) is 0 Å². The average Bonchev–Trinajstić information content (AvgIpc) is 2.53. The zero-order valence-corrected chi connectivity index (χ0v) is 15.3. The molecular weight excluding hydrogens is 268 g/mol. The maximum Gasteiger partial charge on any atom is 0.114 e. The zero-order chi connectivity index (χ0) is 16.5. The van der Waals surface area contributed by atoms with Crippen LogP contribution < -0.4 is 0 Å². The van der Waals surface area contributed by atoms with Crippen LogP contribution in [-0.4, -0.2) is 11.2 Å². The van der Waals surface area contributed by atoms with E-state index in [1.54, 1.807) is 0 Å². The number of unbranched alkanes of at least 4 members (excludes halogenated alkanes) is 10. The normalized spacial score (nSPS) is 13.7. The van der Waals surface area contributed by atoms with Crippen molar-refractivity contribution < 1.29 is 5.11 Å². The van der Waals surface area contributed by atoms with Crippen LogP contribution in [0.2, 0.25) is 0 Å². The van der Waals surface area contributed by atoms with Crippen LogP contribution in [0.25, 0.3) is 0 Å². The van der Waals surface area contributed by atoms with Crippen LogP contribution in [-0.2, 0) is 0 Å². The van der Waals surface area contributed by atoms with Crippen molar-refractivity contribution in [2.24, 2.45) is 5.92 Å². The van der Waals surface area contributed by atoms with Crippen molar-refractivity contribution in [1.29, 1.82) is 0 Å². The van der Waals surface area contributed by atoms with E-state index >= 15 is 0 Å². The standard InChI is InChI=1S/C21H40O/c1-4-6-17-20(3)18-15-13-11-9-7-8-10-12-14-16-19-21(22)5-2/h2,20-22H,4,6-19H2,1,3H3/t20?,21-/m0/s1. The van der Waals surface area contributed by atoms with Crippen LogP contribution in [0.5, 0.6) is 0 Å². The van der Waals surface area contributed by atoms with Gasteiger partial charge in [0.2, 0.25) is 0 Å². The molecule has 0 heterocycles. The molecule has 0 saturated carbocycles. The Kier molecular flexibility index (Phi) is 16.5. The van der Waals surface area contributed by atoms with E-state index in [1.165, 1.54) is 83.5 Å². The summed E-state index contributed by atoms with van der Waals surface area (Å²) >= 11 is 0. The van der Waals surface area contributed by atoms with Crippen molar-refractivity contribution in [2.45, 2.75) is 116 Å². The molecule has 0 fully saturated rings. The van der Waals surface area contributed by atoms with Crippen molar-refractivity contribution in [2.75, 3.05) is 0 Å². The summed E-state index contributed by atoms with van der Waals surface area (Å²) in [6, 6.07) is 0. The SMILES string of the molecule is C#C[C@H](O)CCCCCCCCCCCCC(C)CCCC. The first-order valence-corrected chi connectivity index (χ1v) is 9.84. The van der Waals surface area contributed by atoms with E-state index in [2.05, 4.69) is 19.8 Å². The van der Waals surface area contributed by atoms with Gasteiger partial charge in [0, 0.05) is 0 Å². The molecule has 130 valence electrons. The number of hydrogen-bond acceptors (Lipinski definition) is 1. The summed E-state index contributed by atoms with van der Waals surface area (Å²) in [5, 5.41) is 9.24. The molecule has 0 rings (SSSR count). The molecule has 0 spiro atoms. The highest BCUT2D eigenvalue weighted by atomic mass is 16.3. The lowest BCUT2D eigenvalue weighted by atomic mass is 9.97. The van der Waals surface area contributed by atoms with Gasteiger partial charge in [-0.2, -0.15) is 0 Å². The topological polar surface area (TPSA) is 20.2 Å². The van der Waals surface area contributed by atoms with Crippen LogP contribution in [0.3, 0.4) is 0 Å². The first-order chi connectivity index (χ1) is 10.7. The van der Waals surface area contributed by atoms with E-state index < -0.39 is 6.10 Å². The van der Waals surface area contributed by atoms with Crippen LogP contribution in [0.1, 0.15) is 110 Å². The quantitative estimate of drug-likeness (QED) is 0.255. The van der Waals surface area contributed by atoms with Gasteiger partial charge in [-0.1, -0.05) is 103 Å². The van der Waals surface area contributed by atoms with Crippen LogP contribution in [0.4, 0.5) is 0 Å². The van der Waals surface area contributed by atoms with E-state index in [4.69, 9.17) is 6.42 Å². The van der Waals surface area contributed by atoms with Crippen molar-refractivity contribution in [3.8, 4) is 12.3 Å². The Morgan fingerprint density at radius 1 is 0.727 bits per heavy atom. The third-order valence-corrected chi connectivity index (χ3v) is 4.67. The van der Waals surface area contributed by atoms with Gasteiger partial charge in [0.15, 0.2) is 0 Å². The molecule has 2 atom stereocenters. The van der Waals surface area contributed by atoms with Gasteiger partial charge in [-0.3, -0.25) is 0 Å². The van der Waals surface area contributed by atoms with Gasteiger partial charge >= 0.3 is 0 Å². The number of aliphatic hydroxyl groups excluding tert-OH is 1. The van der Waals surface area contributed by atoms with Gasteiger partial charge < -0.3 is 5.11 Å². The van der Waals surface area contributed by atoms with E-state index in [0.717, 1.165) is 18.8 Å². The Morgan fingerprint density at radius 2 is 1.14 bits per heavy atom. The molecule has 0 aromatic heterocycles. The molecule has 0 bridgehead atoms. The van der Waals surface area contributed by atoms with E-state index in [9.17, 15) is 5.11 Å². The Balaban J connectivity index is 3.10. The molecule has 0 aliphatic heterocycles. The maximum atomic E-state index is 9.24. The Hall–Kier alpha value is -0.480. The second kappa shape index (κ2) is 16.9. The molecule has 0 saturated heterocycles. The van der Waals surface area contributed by atoms with Crippen molar-refractivity contribution >= 4 is 0 Å². The van der Waals surface area contributed by atoms with Crippen LogP contribution in [0.15, 0.2) is 0 Å². The Labute approximate surface area is 140 Å². The predicted octanol–water partition coefficient (Wildman–Crippen LogP) is 6.49. The zero-order valence-electron chi connectivity index (χ0n) is 15.3. The Bertz CT molecular complexity index is 253. The predicted molar refractivity (Wildman–Crippen MR) is 98.9 cm³/mol. The van der Waals surface area contributed by atoms with Crippen LogP contribution >= 0.6 is 0 Å². The summed E-state index contributed by atoms with van der Waals surface area (Å²) in [5.74, 6) is 3.31. The highest BCUT2D eigenvalue weighted by Crippen LogP contribution is 2.17. The molecule has 0 aromatic carbocycles. The summed E-state index contributed by atoms with van der Waals surface area (Å²) < 4.78 is 0. The lowest BCUT2D eigenvalue weighted by Gasteiger charge is -2.10. The number of hydrogen-bond donors (Lipinski definition) is 1. The molecule has 0 radical (unpaired) electrons. The minimum Gasteiger partial charge on any atom is -0.380 e. The summed E-state index contributed by atoms with van der Waals surface area (Å²) in [4.78, 5) is 0. The smallest absolute Gasteiger partial charge is 0.114 e. The highest BCUT2D eigenvalue weighted by molar-refractivity contribution is 4.92. The fourth-order valence-electron chi connectivity index (χ4n) is 3.02. The lowest BCUT2D eigenvalue weighted by molar-refractivity contribution is 0.217. The van der Waals surface area contributed by atoms with Crippen molar-refractivity contribution in [3.63, 3.8) is 0 Å². The average molecular weight is 309 g/mol. The molecule has 0 amide bonds. The second-order valence-corrected chi connectivity index (χ2v) is 7.04. The fraction of sp³-hybridized carbons (Fsp3) is 0.905. The molecule has 22 heavy (non-hydrogen) atoms. The largest absolute Gasteiger partial charge is 0.380 e. The minimum atomic E-state index is -0.523. The molecule has 1 nitrogen and oxygen atoms in total. The highest BCUT2D eigenvalue weighted by Gasteiger charge is 2.01. The lowest BCUT2D eigenvalue weighted by Crippen LogP contribution is -2.01. The summed E-state index contributed by atoms with van der Waals surface area (Å²) in [7, 11) is 0. The van der Waals surface area contributed by atoms with Gasteiger partial charge in [-0.15, -0.1) is 6.42 Å². The van der Waals surface area contributed by atoms with Crippen molar-refractivity contribution in [1.82, 2.24) is 0 Å². The van der Waals surface area contributed by atoms with Gasteiger partial charge in [-0.05, 0) is 18.8 Å². The first kappa shape index (κ1) is 21.5. The fourth-order valence-corrected chi connectivity index (χ4v) is 3.02. The van der Waals surface area contributed by atoms with Gasteiger partial charge in [0.1, 0.15) is 6.10 Å². The third kappa shape index (κ3) is 15.9. The van der Waals surface area contributed by atoms with Gasteiger partial charge in [0.05, 0.1) is 0 Å². The molecule has 0 aromatic rings. The molecule has 0 aliphatic carbocycles. The molecule has 1 N–H and O–H groups in total.